The summed E-state index contributed by atoms with van der Waals surface area (Å²) in [5, 5.41) is 2.82. The highest BCUT2D eigenvalue weighted by molar-refractivity contribution is 5.95. The molecule has 0 aliphatic heterocycles. The molecule has 5 heteroatoms. The molecule has 1 N–H and O–H groups in total. The monoisotopic (exact) mass is 342 g/mol. The molecule has 0 spiro atoms. The summed E-state index contributed by atoms with van der Waals surface area (Å²) in [7, 11) is 0. The van der Waals surface area contributed by atoms with Crippen molar-refractivity contribution >= 4 is 17.5 Å². The third kappa shape index (κ3) is 5.41. The van der Waals surface area contributed by atoms with Gasteiger partial charge in [0.1, 0.15) is 5.82 Å². The molecule has 0 radical (unpaired) electrons. The number of aryl methyl sites for hydroxylation is 1. The number of carbonyl (C=O) groups excluding carboxylic acids is 2. The lowest BCUT2D eigenvalue weighted by Gasteiger charge is -2.22. The first-order valence-electron chi connectivity index (χ1n) is 8.38. The molecule has 0 saturated heterocycles. The third-order valence-electron chi connectivity index (χ3n) is 3.90. The second kappa shape index (κ2) is 8.97. The SMILES string of the molecule is CCCN(CC(=O)Nc1ccccc1C)C(=O)Cc1ccccc1F. The quantitative estimate of drug-likeness (QED) is 0.836. The lowest BCUT2D eigenvalue weighted by molar-refractivity contribution is -0.134. The minimum atomic E-state index is -0.406. The Morgan fingerprint density at radius 2 is 1.76 bits per heavy atom. The fourth-order valence-corrected chi connectivity index (χ4v) is 2.55. The zero-order valence-electron chi connectivity index (χ0n) is 14.6. The number of carbonyl (C=O) groups is 2. The minimum Gasteiger partial charge on any atom is -0.333 e. The van der Waals surface area contributed by atoms with Gasteiger partial charge in [-0.1, -0.05) is 43.3 Å². The molecule has 0 heterocycles. The van der Waals surface area contributed by atoms with Crippen LogP contribution in [0.25, 0.3) is 0 Å². The van der Waals surface area contributed by atoms with Crippen LogP contribution in [-0.2, 0) is 16.0 Å². The lowest BCUT2D eigenvalue weighted by Crippen LogP contribution is -2.39. The highest BCUT2D eigenvalue weighted by Gasteiger charge is 2.18. The molecule has 0 aliphatic rings. The van der Waals surface area contributed by atoms with Gasteiger partial charge in [-0.25, -0.2) is 4.39 Å². The molecular formula is C20H23FN2O2. The first-order valence-corrected chi connectivity index (χ1v) is 8.38. The van der Waals surface area contributed by atoms with Crippen molar-refractivity contribution in [3.8, 4) is 0 Å². The summed E-state index contributed by atoms with van der Waals surface area (Å²) >= 11 is 0. The van der Waals surface area contributed by atoms with E-state index in [4.69, 9.17) is 0 Å². The maximum atomic E-state index is 13.7. The van der Waals surface area contributed by atoms with Crippen LogP contribution >= 0.6 is 0 Å². The summed E-state index contributed by atoms with van der Waals surface area (Å²) < 4.78 is 13.7. The van der Waals surface area contributed by atoms with E-state index in [-0.39, 0.29) is 24.8 Å². The number of halogens is 1. The predicted octanol–water partition coefficient (Wildman–Crippen LogP) is 3.55. The van der Waals surface area contributed by atoms with Crippen molar-refractivity contribution in [2.24, 2.45) is 0 Å². The molecule has 0 atom stereocenters. The molecule has 2 aromatic rings. The minimum absolute atomic E-state index is 0.0462. The van der Waals surface area contributed by atoms with Gasteiger partial charge in [-0.3, -0.25) is 9.59 Å². The van der Waals surface area contributed by atoms with E-state index in [9.17, 15) is 14.0 Å². The molecule has 132 valence electrons. The van der Waals surface area contributed by atoms with E-state index in [2.05, 4.69) is 5.32 Å². The Balaban J connectivity index is 2.02. The summed E-state index contributed by atoms with van der Waals surface area (Å²) in [6.45, 7) is 4.25. The second-order valence-electron chi connectivity index (χ2n) is 5.95. The van der Waals surface area contributed by atoms with Crippen LogP contribution in [0, 0.1) is 12.7 Å². The first kappa shape index (κ1) is 18.6. The summed E-state index contributed by atoms with van der Waals surface area (Å²) in [6.07, 6.45) is 0.672. The van der Waals surface area contributed by atoms with Crippen molar-refractivity contribution < 1.29 is 14.0 Å². The maximum absolute atomic E-state index is 13.7. The van der Waals surface area contributed by atoms with E-state index in [1.54, 1.807) is 18.2 Å². The van der Waals surface area contributed by atoms with Gasteiger partial charge in [-0.05, 0) is 36.6 Å². The first-order chi connectivity index (χ1) is 12.0. The Labute approximate surface area is 147 Å². The Hall–Kier alpha value is -2.69. The molecule has 2 rings (SSSR count). The highest BCUT2D eigenvalue weighted by atomic mass is 19.1. The van der Waals surface area contributed by atoms with Crippen molar-refractivity contribution in [1.82, 2.24) is 4.90 Å². The van der Waals surface area contributed by atoms with Crippen LogP contribution in [0.1, 0.15) is 24.5 Å². The van der Waals surface area contributed by atoms with Crippen LogP contribution < -0.4 is 5.32 Å². The molecule has 2 amide bonds. The summed E-state index contributed by atoms with van der Waals surface area (Å²) in [6, 6.07) is 13.7. The number of nitrogens with one attached hydrogen (secondary N) is 1. The van der Waals surface area contributed by atoms with Gasteiger partial charge in [0.05, 0.1) is 13.0 Å². The highest BCUT2D eigenvalue weighted by Crippen LogP contribution is 2.13. The molecule has 0 fully saturated rings. The van der Waals surface area contributed by atoms with Crippen LogP contribution in [0.15, 0.2) is 48.5 Å². The fourth-order valence-electron chi connectivity index (χ4n) is 2.55. The van der Waals surface area contributed by atoms with Gasteiger partial charge in [0, 0.05) is 12.2 Å². The van der Waals surface area contributed by atoms with Crippen LogP contribution in [0.3, 0.4) is 0 Å². The maximum Gasteiger partial charge on any atom is 0.244 e. The molecule has 0 unspecified atom stereocenters. The number of hydrogen-bond donors (Lipinski definition) is 1. The molecule has 25 heavy (non-hydrogen) atoms. The van der Waals surface area contributed by atoms with E-state index in [1.165, 1.54) is 11.0 Å². The fraction of sp³-hybridized carbons (Fsp3) is 0.300. The van der Waals surface area contributed by atoms with Gasteiger partial charge in [-0.15, -0.1) is 0 Å². The van der Waals surface area contributed by atoms with Crippen molar-refractivity contribution in [2.75, 3.05) is 18.4 Å². The molecule has 0 aliphatic carbocycles. The predicted molar refractivity (Wildman–Crippen MR) is 96.8 cm³/mol. The molecule has 2 aromatic carbocycles. The second-order valence-corrected chi connectivity index (χ2v) is 5.95. The zero-order valence-corrected chi connectivity index (χ0v) is 14.6. The Morgan fingerprint density at radius 1 is 1.08 bits per heavy atom. The van der Waals surface area contributed by atoms with Crippen molar-refractivity contribution in [1.29, 1.82) is 0 Å². The van der Waals surface area contributed by atoms with Crippen molar-refractivity contribution in [2.45, 2.75) is 26.7 Å². The van der Waals surface area contributed by atoms with E-state index < -0.39 is 5.82 Å². The number of benzene rings is 2. The number of nitrogens with zero attached hydrogens (tertiary/aromatic N) is 1. The Morgan fingerprint density at radius 3 is 2.44 bits per heavy atom. The molecule has 4 nitrogen and oxygen atoms in total. The Kier molecular flexibility index (Phi) is 6.69. The van der Waals surface area contributed by atoms with Crippen molar-refractivity contribution in [3.63, 3.8) is 0 Å². The normalized spacial score (nSPS) is 10.4. The summed E-state index contributed by atoms with van der Waals surface area (Å²) in [4.78, 5) is 26.3. The summed E-state index contributed by atoms with van der Waals surface area (Å²) in [5.41, 5.74) is 2.02. The van der Waals surface area contributed by atoms with Gasteiger partial charge < -0.3 is 10.2 Å². The number of amides is 2. The molecule has 0 bridgehead atoms. The number of para-hydroxylation sites is 1. The van der Waals surface area contributed by atoms with E-state index >= 15 is 0 Å². The largest absolute Gasteiger partial charge is 0.333 e. The zero-order chi connectivity index (χ0) is 18.2. The van der Waals surface area contributed by atoms with Crippen molar-refractivity contribution in [3.05, 3.63) is 65.5 Å². The van der Waals surface area contributed by atoms with Crippen LogP contribution in [0.2, 0.25) is 0 Å². The standard InChI is InChI=1S/C20H23FN2O2/c1-3-12-23(20(25)13-16-9-5-6-10-17(16)21)14-19(24)22-18-11-7-4-8-15(18)2/h4-11H,3,12-14H2,1-2H3,(H,22,24). The number of rotatable bonds is 7. The molecule has 0 aromatic heterocycles. The number of anilines is 1. The van der Waals surface area contributed by atoms with Gasteiger partial charge in [0.15, 0.2) is 0 Å². The van der Waals surface area contributed by atoms with E-state index in [0.717, 1.165) is 17.7 Å². The van der Waals surface area contributed by atoms with Crippen LogP contribution in [-0.4, -0.2) is 29.8 Å². The molecule has 0 saturated carbocycles. The van der Waals surface area contributed by atoms with Gasteiger partial charge in [-0.2, -0.15) is 0 Å². The topological polar surface area (TPSA) is 49.4 Å². The van der Waals surface area contributed by atoms with Gasteiger partial charge >= 0.3 is 0 Å². The van der Waals surface area contributed by atoms with E-state index in [0.29, 0.717) is 12.1 Å². The lowest BCUT2D eigenvalue weighted by atomic mass is 10.1. The third-order valence-corrected chi connectivity index (χ3v) is 3.90. The average Bonchev–Trinajstić information content (AvgIpc) is 2.58. The summed E-state index contributed by atoms with van der Waals surface area (Å²) in [5.74, 6) is -0.923. The Bertz CT molecular complexity index is 746. The number of hydrogen-bond acceptors (Lipinski definition) is 2. The van der Waals surface area contributed by atoms with Gasteiger partial charge in [0.25, 0.3) is 0 Å². The smallest absolute Gasteiger partial charge is 0.244 e. The van der Waals surface area contributed by atoms with Gasteiger partial charge in [0.2, 0.25) is 11.8 Å². The molecular weight excluding hydrogens is 319 g/mol. The average molecular weight is 342 g/mol. The van der Waals surface area contributed by atoms with Crippen LogP contribution in [0.4, 0.5) is 10.1 Å². The van der Waals surface area contributed by atoms with E-state index in [1.807, 2.05) is 38.1 Å². The van der Waals surface area contributed by atoms with Crippen LogP contribution in [0.5, 0.6) is 0 Å².